The van der Waals surface area contributed by atoms with Crippen LogP contribution >= 0.6 is 11.8 Å². The molecule has 3 atom stereocenters. The van der Waals surface area contributed by atoms with Crippen molar-refractivity contribution in [2.24, 2.45) is 5.73 Å². The van der Waals surface area contributed by atoms with Gasteiger partial charge < -0.3 is 11.1 Å². The molecule has 1 fully saturated rings. The summed E-state index contributed by atoms with van der Waals surface area (Å²) >= 11 is 1.86. The predicted molar refractivity (Wildman–Crippen MR) is 85.8 cm³/mol. The number of rotatable bonds is 5. The van der Waals surface area contributed by atoms with Crippen LogP contribution < -0.4 is 11.1 Å². The number of thioether (sulfide) groups is 1. The van der Waals surface area contributed by atoms with Gasteiger partial charge in [-0.25, -0.2) is 0 Å². The molecule has 1 aromatic carbocycles. The van der Waals surface area contributed by atoms with Crippen molar-refractivity contribution in [2.75, 3.05) is 6.26 Å². The molecule has 0 aromatic heterocycles. The third-order valence-electron chi connectivity index (χ3n) is 3.97. The average molecular weight is 292 g/mol. The molecule has 20 heavy (non-hydrogen) atoms. The van der Waals surface area contributed by atoms with E-state index >= 15 is 0 Å². The molecular weight excluding hydrogens is 268 g/mol. The molecule has 0 spiro atoms. The first kappa shape index (κ1) is 15.4. The summed E-state index contributed by atoms with van der Waals surface area (Å²) in [6.07, 6.45) is 7.47. The second-order valence-electron chi connectivity index (χ2n) is 5.47. The summed E-state index contributed by atoms with van der Waals surface area (Å²) in [5.74, 6) is -0.0141. The third kappa shape index (κ3) is 4.25. The lowest BCUT2D eigenvalue weighted by Crippen LogP contribution is -2.50. The number of nitrogens with two attached hydrogens (primary N) is 1. The lowest BCUT2D eigenvalue weighted by molar-refractivity contribution is -0.123. The van der Waals surface area contributed by atoms with Gasteiger partial charge in [0.25, 0.3) is 0 Å². The van der Waals surface area contributed by atoms with Gasteiger partial charge in [-0.05, 0) is 31.1 Å². The van der Waals surface area contributed by atoms with Crippen LogP contribution in [0.25, 0.3) is 0 Å². The van der Waals surface area contributed by atoms with E-state index in [1.807, 2.05) is 42.1 Å². The Morgan fingerprint density at radius 2 is 2.05 bits per heavy atom. The molecule has 0 bridgehead atoms. The number of nitrogens with one attached hydrogen (secondary N) is 1. The van der Waals surface area contributed by atoms with Gasteiger partial charge in [0.2, 0.25) is 5.91 Å². The van der Waals surface area contributed by atoms with Gasteiger partial charge in [0.05, 0.1) is 6.04 Å². The van der Waals surface area contributed by atoms with Crippen LogP contribution in [0.15, 0.2) is 30.3 Å². The molecule has 2 unspecified atom stereocenters. The van der Waals surface area contributed by atoms with Crippen molar-refractivity contribution in [3.63, 3.8) is 0 Å². The van der Waals surface area contributed by atoms with Crippen LogP contribution in [0.1, 0.15) is 31.2 Å². The normalized spacial score (nSPS) is 24.1. The Bertz CT molecular complexity index is 424. The fraction of sp³-hybridized carbons (Fsp3) is 0.562. The number of benzene rings is 1. The van der Waals surface area contributed by atoms with Crippen molar-refractivity contribution < 1.29 is 4.79 Å². The number of hydrogen-bond donors (Lipinski definition) is 2. The largest absolute Gasteiger partial charge is 0.351 e. The molecule has 1 saturated carbocycles. The minimum Gasteiger partial charge on any atom is -0.351 e. The number of amides is 1. The van der Waals surface area contributed by atoms with E-state index in [4.69, 9.17) is 5.73 Å². The summed E-state index contributed by atoms with van der Waals surface area (Å²) in [5, 5.41) is 3.69. The highest BCUT2D eigenvalue weighted by Crippen LogP contribution is 2.27. The van der Waals surface area contributed by atoms with Gasteiger partial charge in [-0.1, -0.05) is 43.2 Å². The SMILES string of the molecule is CSC1CCCCC1NC(=O)[C@@H](N)Cc1ccccc1. The Kier molecular flexibility index (Phi) is 5.92. The van der Waals surface area contributed by atoms with Crippen molar-refractivity contribution >= 4 is 17.7 Å². The summed E-state index contributed by atoms with van der Waals surface area (Å²) in [6, 6.07) is 9.78. The highest BCUT2D eigenvalue weighted by atomic mass is 32.2. The Morgan fingerprint density at radius 1 is 1.35 bits per heavy atom. The van der Waals surface area contributed by atoms with Gasteiger partial charge in [-0.2, -0.15) is 11.8 Å². The topological polar surface area (TPSA) is 55.1 Å². The summed E-state index contributed by atoms with van der Waals surface area (Å²) < 4.78 is 0. The lowest BCUT2D eigenvalue weighted by atomic mass is 9.94. The van der Waals surface area contributed by atoms with E-state index in [1.54, 1.807) is 0 Å². The summed E-state index contributed by atoms with van der Waals surface area (Å²) in [6.45, 7) is 0. The van der Waals surface area contributed by atoms with E-state index in [1.165, 1.54) is 19.3 Å². The van der Waals surface area contributed by atoms with Crippen LogP contribution in [0, 0.1) is 0 Å². The standard InChI is InChI=1S/C16H24N2OS/c1-20-15-10-6-5-9-14(15)18-16(19)13(17)11-12-7-3-2-4-8-12/h2-4,7-8,13-15H,5-6,9-11,17H2,1H3,(H,18,19)/t13-,14?,15?/m0/s1. The van der Waals surface area contributed by atoms with E-state index < -0.39 is 6.04 Å². The van der Waals surface area contributed by atoms with Crippen LogP contribution in [0.4, 0.5) is 0 Å². The Hall–Kier alpha value is -1.00. The molecule has 3 nitrogen and oxygen atoms in total. The van der Waals surface area contributed by atoms with Gasteiger partial charge in [0, 0.05) is 11.3 Å². The van der Waals surface area contributed by atoms with E-state index in [9.17, 15) is 4.79 Å². The van der Waals surface area contributed by atoms with Gasteiger partial charge in [-0.15, -0.1) is 0 Å². The highest BCUT2D eigenvalue weighted by Gasteiger charge is 2.27. The minimum absolute atomic E-state index is 0.0141. The molecule has 1 aliphatic carbocycles. The first-order chi connectivity index (χ1) is 9.70. The maximum absolute atomic E-state index is 12.2. The van der Waals surface area contributed by atoms with Crippen molar-refractivity contribution in [1.82, 2.24) is 5.32 Å². The molecule has 0 saturated heterocycles. The summed E-state index contributed by atoms with van der Waals surface area (Å²) in [5.41, 5.74) is 7.15. The van der Waals surface area contributed by atoms with Crippen LogP contribution in [0.2, 0.25) is 0 Å². The Labute approximate surface area is 125 Å². The molecule has 1 aliphatic rings. The molecule has 3 N–H and O–H groups in total. The second kappa shape index (κ2) is 7.70. The molecule has 2 rings (SSSR count). The van der Waals surface area contributed by atoms with E-state index in [2.05, 4.69) is 11.6 Å². The van der Waals surface area contributed by atoms with Crippen LogP contribution in [-0.4, -0.2) is 29.5 Å². The second-order valence-corrected chi connectivity index (χ2v) is 6.55. The van der Waals surface area contributed by atoms with Gasteiger partial charge in [0.1, 0.15) is 0 Å². The predicted octanol–water partition coefficient (Wildman–Crippen LogP) is 2.35. The molecule has 110 valence electrons. The molecule has 0 aliphatic heterocycles. The van der Waals surface area contributed by atoms with Crippen LogP contribution in [0.3, 0.4) is 0 Å². The smallest absolute Gasteiger partial charge is 0.237 e. The average Bonchev–Trinajstić information content (AvgIpc) is 2.48. The zero-order chi connectivity index (χ0) is 14.4. The first-order valence-corrected chi connectivity index (χ1v) is 8.62. The molecule has 1 amide bonds. The molecule has 0 heterocycles. The van der Waals surface area contributed by atoms with Crippen LogP contribution in [0.5, 0.6) is 0 Å². The molecule has 4 heteroatoms. The van der Waals surface area contributed by atoms with Crippen LogP contribution in [-0.2, 0) is 11.2 Å². The summed E-state index contributed by atoms with van der Waals surface area (Å²) in [4.78, 5) is 12.2. The maximum Gasteiger partial charge on any atom is 0.237 e. The van der Waals surface area contributed by atoms with Crippen molar-refractivity contribution in [2.45, 2.75) is 49.4 Å². The van der Waals surface area contributed by atoms with Crippen molar-refractivity contribution in [1.29, 1.82) is 0 Å². The Morgan fingerprint density at radius 3 is 2.75 bits per heavy atom. The van der Waals surface area contributed by atoms with Gasteiger partial charge >= 0.3 is 0 Å². The van der Waals surface area contributed by atoms with Crippen molar-refractivity contribution in [3.05, 3.63) is 35.9 Å². The van der Waals surface area contributed by atoms with E-state index in [0.29, 0.717) is 11.7 Å². The molecular formula is C16H24N2OS. The zero-order valence-corrected chi connectivity index (χ0v) is 12.9. The monoisotopic (exact) mass is 292 g/mol. The minimum atomic E-state index is -0.457. The summed E-state index contributed by atoms with van der Waals surface area (Å²) in [7, 11) is 0. The van der Waals surface area contributed by atoms with Crippen molar-refractivity contribution in [3.8, 4) is 0 Å². The molecule has 0 radical (unpaired) electrons. The zero-order valence-electron chi connectivity index (χ0n) is 12.0. The van der Waals surface area contributed by atoms with Gasteiger partial charge in [0.15, 0.2) is 0 Å². The fourth-order valence-corrected chi connectivity index (χ4v) is 3.73. The van der Waals surface area contributed by atoms with E-state index in [0.717, 1.165) is 12.0 Å². The highest BCUT2D eigenvalue weighted by molar-refractivity contribution is 7.99. The fourth-order valence-electron chi connectivity index (χ4n) is 2.79. The Balaban J connectivity index is 1.87. The van der Waals surface area contributed by atoms with E-state index in [-0.39, 0.29) is 11.9 Å². The number of carbonyl (C=O) groups excluding carboxylic acids is 1. The van der Waals surface area contributed by atoms with Gasteiger partial charge in [-0.3, -0.25) is 4.79 Å². The lowest BCUT2D eigenvalue weighted by Gasteiger charge is -2.31. The molecule has 1 aromatic rings. The first-order valence-electron chi connectivity index (χ1n) is 7.33. The quantitative estimate of drug-likeness (QED) is 0.876. The third-order valence-corrected chi connectivity index (χ3v) is 5.14. The maximum atomic E-state index is 12.2. The number of hydrogen-bond acceptors (Lipinski definition) is 3. The number of carbonyl (C=O) groups is 1.